The number of benzene rings is 1. The molecule has 0 radical (unpaired) electrons. The number of imidazole rings is 2. The highest BCUT2D eigenvalue weighted by molar-refractivity contribution is 5.75. The summed E-state index contributed by atoms with van der Waals surface area (Å²) < 4.78 is 0. The largest absolute Gasteiger partial charge is 0.348 e. The fourth-order valence-corrected chi connectivity index (χ4v) is 3.36. The van der Waals surface area contributed by atoms with Crippen LogP contribution in [0.3, 0.4) is 0 Å². The van der Waals surface area contributed by atoms with Crippen LogP contribution < -0.4 is 0 Å². The highest BCUT2D eigenvalue weighted by Crippen LogP contribution is 2.32. The number of likely N-dealkylation sites (tertiary alicyclic amines) is 1. The topological polar surface area (TPSA) is 60.6 Å². The van der Waals surface area contributed by atoms with Crippen molar-refractivity contribution in [2.75, 3.05) is 6.54 Å². The molecule has 0 saturated carbocycles. The van der Waals surface area contributed by atoms with E-state index in [9.17, 15) is 0 Å². The minimum Gasteiger partial charge on any atom is -0.348 e. The summed E-state index contributed by atoms with van der Waals surface area (Å²) in [5.74, 6) is 1.09. The van der Waals surface area contributed by atoms with Gasteiger partial charge >= 0.3 is 0 Å². The first-order valence-electron chi connectivity index (χ1n) is 7.90. The summed E-state index contributed by atoms with van der Waals surface area (Å²) in [4.78, 5) is 18.4. The second kappa shape index (κ2) is 5.25. The normalized spacial score (nSPS) is 19.3. The molecule has 1 aliphatic rings. The highest BCUT2D eigenvalue weighted by atomic mass is 15.2. The lowest BCUT2D eigenvalue weighted by Crippen LogP contribution is -2.24. The molecule has 0 aliphatic carbocycles. The first kappa shape index (κ1) is 13.5. The Morgan fingerprint density at radius 1 is 1.32 bits per heavy atom. The Labute approximate surface area is 129 Å². The van der Waals surface area contributed by atoms with Gasteiger partial charge in [0, 0.05) is 12.2 Å². The van der Waals surface area contributed by atoms with E-state index in [1.807, 2.05) is 0 Å². The Bertz CT molecular complexity index is 800. The average Bonchev–Trinajstić information content (AvgIpc) is 3.19. The van der Waals surface area contributed by atoms with Crippen LogP contribution in [0.15, 0.2) is 24.5 Å². The maximum atomic E-state index is 4.81. The van der Waals surface area contributed by atoms with Gasteiger partial charge in [-0.15, -0.1) is 0 Å². The van der Waals surface area contributed by atoms with Gasteiger partial charge in [0.25, 0.3) is 0 Å². The van der Waals surface area contributed by atoms with Gasteiger partial charge in [-0.2, -0.15) is 0 Å². The molecule has 114 valence electrons. The molecule has 1 aliphatic heterocycles. The van der Waals surface area contributed by atoms with Crippen molar-refractivity contribution in [2.45, 2.75) is 39.3 Å². The number of nitrogens with one attached hydrogen (secondary N) is 2. The third kappa shape index (κ3) is 2.31. The third-order valence-corrected chi connectivity index (χ3v) is 4.62. The Morgan fingerprint density at radius 2 is 2.23 bits per heavy atom. The molecule has 0 unspecified atom stereocenters. The van der Waals surface area contributed by atoms with Crippen LogP contribution in [0.1, 0.15) is 41.7 Å². The molecular formula is C17H21N5. The molecule has 3 heterocycles. The van der Waals surface area contributed by atoms with Crippen molar-refractivity contribution in [1.82, 2.24) is 24.8 Å². The quantitative estimate of drug-likeness (QED) is 0.780. The number of hydrogen-bond donors (Lipinski definition) is 2. The van der Waals surface area contributed by atoms with Crippen molar-refractivity contribution in [3.8, 4) is 0 Å². The Hall–Kier alpha value is -2.14. The van der Waals surface area contributed by atoms with Crippen molar-refractivity contribution in [3.05, 3.63) is 47.3 Å². The molecule has 1 aromatic carbocycles. The van der Waals surface area contributed by atoms with Gasteiger partial charge in [0.05, 0.1) is 29.1 Å². The molecule has 0 bridgehead atoms. The zero-order valence-electron chi connectivity index (χ0n) is 13.1. The molecule has 0 spiro atoms. The van der Waals surface area contributed by atoms with Gasteiger partial charge in [-0.3, -0.25) is 4.90 Å². The van der Waals surface area contributed by atoms with E-state index >= 15 is 0 Å². The number of hydrogen-bond acceptors (Lipinski definition) is 3. The third-order valence-electron chi connectivity index (χ3n) is 4.62. The van der Waals surface area contributed by atoms with E-state index in [2.05, 4.69) is 51.9 Å². The SMILES string of the molecule is Cc1ccc2nc([C@H]3CCCN3Cc3nc[nH]c3C)[nH]c2c1. The van der Waals surface area contributed by atoms with Crippen LogP contribution in [-0.2, 0) is 6.54 Å². The van der Waals surface area contributed by atoms with Gasteiger partial charge < -0.3 is 9.97 Å². The van der Waals surface area contributed by atoms with E-state index in [1.54, 1.807) is 6.33 Å². The maximum Gasteiger partial charge on any atom is 0.124 e. The zero-order valence-corrected chi connectivity index (χ0v) is 13.1. The number of aromatic nitrogens is 4. The summed E-state index contributed by atoms with van der Waals surface area (Å²) in [5, 5.41) is 0. The van der Waals surface area contributed by atoms with Crippen LogP contribution >= 0.6 is 0 Å². The van der Waals surface area contributed by atoms with Gasteiger partial charge in [-0.25, -0.2) is 9.97 Å². The van der Waals surface area contributed by atoms with E-state index in [1.165, 1.54) is 12.0 Å². The van der Waals surface area contributed by atoms with Gasteiger partial charge in [0.1, 0.15) is 5.82 Å². The Kier molecular flexibility index (Phi) is 3.22. The van der Waals surface area contributed by atoms with Crippen LogP contribution in [0.5, 0.6) is 0 Å². The molecule has 2 aromatic heterocycles. The van der Waals surface area contributed by atoms with Crippen molar-refractivity contribution in [3.63, 3.8) is 0 Å². The van der Waals surface area contributed by atoms with Gasteiger partial charge in [0.15, 0.2) is 0 Å². The Morgan fingerprint density at radius 3 is 3.05 bits per heavy atom. The number of fused-ring (bicyclic) bond motifs is 1. The van der Waals surface area contributed by atoms with Crippen LogP contribution in [0.2, 0.25) is 0 Å². The van der Waals surface area contributed by atoms with Gasteiger partial charge in [-0.05, 0) is 50.9 Å². The van der Waals surface area contributed by atoms with Crippen molar-refractivity contribution in [2.24, 2.45) is 0 Å². The van der Waals surface area contributed by atoms with Crippen molar-refractivity contribution < 1.29 is 0 Å². The van der Waals surface area contributed by atoms with Gasteiger partial charge in [0.2, 0.25) is 0 Å². The van der Waals surface area contributed by atoms with Gasteiger partial charge in [-0.1, -0.05) is 6.07 Å². The molecule has 0 amide bonds. The summed E-state index contributed by atoms with van der Waals surface area (Å²) in [6.07, 6.45) is 4.15. The lowest BCUT2D eigenvalue weighted by Gasteiger charge is -2.22. The lowest BCUT2D eigenvalue weighted by atomic mass is 10.2. The smallest absolute Gasteiger partial charge is 0.124 e. The standard InChI is InChI=1S/C17H21N5/c1-11-5-6-13-14(8-11)21-17(20-13)16-4-3-7-22(16)9-15-12(2)18-10-19-15/h5-6,8,10,16H,3-4,7,9H2,1-2H3,(H,18,19)(H,20,21)/t16-/m1/s1. The monoisotopic (exact) mass is 295 g/mol. The second-order valence-electron chi connectivity index (χ2n) is 6.25. The molecule has 4 rings (SSSR count). The Balaban J connectivity index is 1.63. The number of rotatable bonds is 3. The minimum atomic E-state index is 0.365. The predicted molar refractivity (Wildman–Crippen MR) is 86.5 cm³/mol. The van der Waals surface area contributed by atoms with E-state index < -0.39 is 0 Å². The van der Waals surface area contributed by atoms with Crippen LogP contribution in [-0.4, -0.2) is 31.4 Å². The summed E-state index contributed by atoms with van der Waals surface area (Å²) in [7, 11) is 0. The number of nitrogens with zero attached hydrogens (tertiary/aromatic N) is 3. The molecular weight excluding hydrogens is 274 g/mol. The first-order chi connectivity index (χ1) is 10.7. The fraction of sp³-hybridized carbons (Fsp3) is 0.412. The molecule has 1 atom stereocenters. The van der Waals surface area contributed by atoms with E-state index in [-0.39, 0.29) is 0 Å². The van der Waals surface area contributed by atoms with E-state index in [0.29, 0.717) is 6.04 Å². The van der Waals surface area contributed by atoms with Crippen LogP contribution in [0.25, 0.3) is 11.0 Å². The predicted octanol–water partition coefficient (Wildman–Crippen LogP) is 3.24. The van der Waals surface area contributed by atoms with Crippen molar-refractivity contribution >= 4 is 11.0 Å². The average molecular weight is 295 g/mol. The molecule has 3 aromatic rings. The molecule has 1 saturated heterocycles. The van der Waals surface area contributed by atoms with Crippen molar-refractivity contribution in [1.29, 1.82) is 0 Å². The van der Waals surface area contributed by atoms with Crippen LogP contribution in [0, 0.1) is 13.8 Å². The second-order valence-corrected chi connectivity index (χ2v) is 6.25. The first-order valence-corrected chi connectivity index (χ1v) is 7.90. The molecule has 5 nitrogen and oxygen atoms in total. The summed E-state index contributed by atoms with van der Waals surface area (Å²) in [6.45, 7) is 6.18. The summed E-state index contributed by atoms with van der Waals surface area (Å²) >= 11 is 0. The lowest BCUT2D eigenvalue weighted by molar-refractivity contribution is 0.238. The molecule has 2 N–H and O–H groups in total. The molecule has 22 heavy (non-hydrogen) atoms. The fourth-order valence-electron chi connectivity index (χ4n) is 3.36. The van der Waals surface area contributed by atoms with E-state index in [4.69, 9.17) is 4.98 Å². The zero-order chi connectivity index (χ0) is 15.1. The molecule has 1 fully saturated rings. The summed E-state index contributed by atoms with van der Waals surface area (Å²) in [6, 6.07) is 6.75. The number of aromatic amines is 2. The number of aryl methyl sites for hydroxylation is 2. The number of H-pyrrole nitrogens is 2. The van der Waals surface area contributed by atoms with Crippen LogP contribution in [0.4, 0.5) is 0 Å². The highest BCUT2D eigenvalue weighted by Gasteiger charge is 2.29. The minimum absolute atomic E-state index is 0.365. The summed E-state index contributed by atoms with van der Waals surface area (Å²) in [5.41, 5.74) is 5.75. The molecule has 5 heteroatoms. The van der Waals surface area contributed by atoms with E-state index in [0.717, 1.165) is 47.8 Å². The maximum absolute atomic E-state index is 4.81.